The van der Waals surface area contributed by atoms with Gasteiger partial charge in [0, 0.05) is 29.6 Å². The first-order valence-corrected chi connectivity index (χ1v) is 14.1. The molecular formula is C32H38N6O5. The Bertz CT molecular complexity index is 1410. The number of hydrogen-bond donors (Lipinski definition) is 4. The van der Waals surface area contributed by atoms with E-state index in [2.05, 4.69) is 31.2 Å². The second-order valence-corrected chi connectivity index (χ2v) is 9.94. The number of rotatable bonds is 14. The number of unbranched alkanes of at least 4 members (excludes halogenated alkanes) is 1. The summed E-state index contributed by atoms with van der Waals surface area (Å²) in [5, 5.41) is 11.0. The van der Waals surface area contributed by atoms with Gasteiger partial charge in [0.1, 0.15) is 17.8 Å². The summed E-state index contributed by atoms with van der Waals surface area (Å²) in [6.07, 6.45) is 3.20. The van der Waals surface area contributed by atoms with E-state index in [1.807, 2.05) is 51.1 Å². The smallest absolute Gasteiger partial charge is 0.328 e. The number of anilines is 1. The molecule has 0 aliphatic carbocycles. The predicted octanol–water partition coefficient (Wildman–Crippen LogP) is 3.35. The van der Waals surface area contributed by atoms with Crippen molar-refractivity contribution in [3.8, 4) is 0 Å². The van der Waals surface area contributed by atoms with Crippen LogP contribution in [0.2, 0.25) is 0 Å². The molecule has 1 aromatic heterocycles. The Morgan fingerprint density at radius 2 is 1.51 bits per heavy atom. The molecule has 43 heavy (non-hydrogen) atoms. The van der Waals surface area contributed by atoms with E-state index in [0.29, 0.717) is 18.4 Å². The number of carbonyl (C=O) groups excluding carboxylic acids is 4. The van der Waals surface area contributed by atoms with E-state index >= 15 is 0 Å². The number of benzene rings is 2. The Labute approximate surface area is 251 Å². The van der Waals surface area contributed by atoms with Crippen molar-refractivity contribution in [3.05, 3.63) is 101 Å². The largest absolute Gasteiger partial charge is 0.467 e. The highest BCUT2D eigenvalue weighted by Gasteiger charge is 2.28. The van der Waals surface area contributed by atoms with Crippen LogP contribution in [0.1, 0.15) is 53.5 Å². The summed E-state index contributed by atoms with van der Waals surface area (Å²) in [5.74, 6) is -2.15. The van der Waals surface area contributed by atoms with Crippen molar-refractivity contribution in [2.75, 3.05) is 12.4 Å². The number of aryl methyl sites for hydroxylation is 2. The van der Waals surface area contributed by atoms with Gasteiger partial charge in [-0.25, -0.2) is 14.8 Å². The molecule has 1 heterocycles. The second kappa shape index (κ2) is 16.4. The van der Waals surface area contributed by atoms with E-state index in [0.717, 1.165) is 23.4 Å². The quantitative estimate of drug-likeness (QED) is 0.166. The van der Waals surface area contributed by atoms with E-state index in [1.54, 1.807) is 36.4 Å². The molecule has 3 aromatic rings. The van der Waals surface area contributed by atoms with Crippen molar-refractivity contribution < 1.29 is 23.9 Å². The van der Waals surface area contributed by atoms with Crippen LogP contribution in [-0.4, -0.2) is 52.9 Å². The normalized spacial score (nSPS) is 12.4. The maximum Gasteiger partial charge on any atom is 0.328 e. The third-order valence-electron chi connectivity index (χ3n) is 6.41. The van der Waals surface area contributed by atoms with Crippen LogP contribution in [0.15, 0.2) is 78.6 Å². The van der Waals surface area contributed by atoms with Crippen molar-refractivity contribution >= 4 is 29.6 Å². The lowest BCUT2D eigenvalue weighted by atomic mass is 10.0. The van der Waals surface area contributed by atoms with Gasteiger partial charge in [-0.1, -0.05) is 68.3 Å². The lowest BCUT2D eigenvalue weighted by Gasteiger charge is -2.23. The van der Waals surface area contributed by atoms with Gasteiger partial charge in [-0.2, -0.15) is 0 Å². The van der Waals surface area contributed by atoms with Gasteiger partial charge in [-0.15, -0.1) is 0 Å². The molecule has 0 spiro atoms. The number of methoxy groups -OCH3 is 1. The average molecular weight is 587 g/mol. The number of hydrogen-bond acceptors (Lipinski definition) is 8. The van der Waals surface area contributed by atoms with Crippen LogP contribution in [0.5, 0.6) is 0 Å². The van der Waals surface area contributed by atoms with Gasteiger partial charge in [0.2, 0.25) is 11.9 Å². The van der Waals surface area contributed by atoms with Crippen LogP contribution in [0.4, 0.5) is 5.95 Å². The monoisotopic (exact) mass is 586 g/mol. The summed E-state index contributed by atoms with van der Waals surface area (Å²) in [4.78, 5) is 61.1. The molecule has 11 heteroatoms. The summed E-state index contributed by atoms with van der Waals surface area (Å²) in [6, 6.07) is 17.5. The zero-order chi connectivity index (χ0) is 31.2. The second-order valence-electron chi connectivity index (χ2n) is 9.94. The van der Waals surface area contributed by atoms with Crippen molar-refractivity contribution in [2.45, 2.75) is 58.5 Å². The van der Waals surface area contributed by atoms with E-state index in [-0.39, 0.29) is 18.1 Å². The predicted molar refractivity (Wildman–Crippen MR) is 163 cm³/mol. The zero-order valence-electron chi connectivity index (χ0n) is 24.8. The highest BCUT2D eigenvalue weighted by Crippen LogP contribution is 2.09. The molecule has 0 saturated carbocycles. The van der Waals surface area contributed by atoms with E-state index < -0.39 is 35.8 Å². The summed E-state index contributed by atoms with van der Waals surface area (Å²) < 4.78 is 4.92. The minimum absolute atomic E-state index is 0.153. The van der Waals surface area contributed by atoms with Crippen molar-refractivity contribution in [3.63, 3.8) is 0 Å². The van der Waals surface area contributed by atoms with Crippen LogP contribution >= 0.6 is 0 Å². The first-order valence-electron chi connectivity index (χ1n) is 14.1. The molecule has 3 rings (SSSR count). The molecule has 2 aromatic carbocycles. The fraction of sp³-hybridized carbons (Fsp3) is 0.312. The van der Waals surface area contributed by atoms with E-state index in [9.17, 15) is 19.2 Å². The minimum atomic E-state index is -0.995. The number of amides is 3. The topological polar surface area (TPSA) is 151 Å². The van der Waals surface area contributed by atoms with Crippen molar-refractivity contribution in [1.82, 2.24) is 25.9 Å². The summed E-state index contributed by atoms with van der Waals surface area (Å²) in [7, 11) is 1.25. The SMILES string of the molecule is CCCCC(NC(=O)/C(=C/Nc1nc(C)cc(C)n1)NC(=O)c1ccccc1)C(=O)N[C@@H](Cc1ccccc1)C(=O)OC. The van der Waals surface area contributed by atoms with Crippen LogP contribution in [0.25, 0.3) is 0 Å². The molecule has 226 valence electrons. The number of carbonyl (C=O) groups is 4. The lowest BCUT2D eigenvalue weighted by Crippen LogP contribution is -2.53. The fourth-order valence-electron chi connectivity index (χ4n) is 4.24. The summed E-state index contributed by atoms with van der Waals surface area (Å²) in [5.41, 5.74) is 2.45. The average Bonchev–Trinajstić information content (AvgIpc) is 3.00. The van der Waals surface area contributed by atoms with Gasteiger partial charge in [-0.05, 0) is 44.0 Å². The molecule has 4 N–H and O–H groups in total. The van der Waals surface area contributed by atoms with Gasteiger partial charge < -0.3 is 26.0 Å². The molecule has 1 unspecified atom stereocenters. The summed E-state index contributed by atoms with van der Waals surface area (Å²) >= 11 is 0. The molecule has 11 nitrogen and oxygen atoms in total. The Kier molecular flexibility index (Phi) is 12.4. The van der Waals surface area contributed by atoms with Crippen LogP contribution in [0.3, 0.4) is 0 Å². The molecule has 0 fully saturated rings. The van der Waals surface area contributed by atoms with Gasteiger partial charge in [0.25, 0.3) is 11.8 Å². The Hall–Kier alpha value is -5.06. The Morgan fingerprint density at radius 3 is 2.12 bits per heavy atom. The molecule has 3 amide bonds. The third-order valence-corrected chi connectivity index (χ3v) is 6.41. The maximum atomic E-state index is 13.6. The van der Waals surface area contributed by atoms with Gasteiger partial charge in [-0.3, -0.25) is 14.4 Å². The number of esters is 1. The summed E-state index contributed by atoms with van der Waals surface area (Å²) in [6.45, 7) is 5.58. The maximum absolute atomic E-state index is 13.6. The molecule has 0 aliphatic heterocycles. The fourth-order valence-corrected chi connectivity index (χ4v) is 4.24. The lowest BCUT2D eigenvalue weighted by molar-refractivity contribution is -0.145. The number of aromatic nitrogens is 2. The van der Waals surface area contributed by atoms with Crippen LogP contribution in [-0.2, 0) is 25.5 Å². The third kappa shape index (κ3) is 10.4. The number of ether oxygens (including phenoxy) is 1. The first-order chi connectivity index (χ1) is 20.7. The van der Waals surface area contributed by atoms with Crippen LogP contribution < -0.4 is 21.3 Å². The Morgan fingerprint density at radius 1 is 0.884 bits per heavy atom. The van der Waals surface area contributed by atoms with Gasteiger partial charge in [0.05, 0.1) is 7.11 Å². The minimum Gasteiger partial charge on any atom is -0.467 e. The molecule has 0 bridgehead atoms. The molecular weight excluding hydrogens is 548 g/mol. The zero-order valence-corrected chi connectivity index (χ0v) is 24.8. The van der Waals surface area contributed by atoms with E-state index in [1.165, 1.54) is 13.3 Å². The first kappa shape index (κ1) is 32.5. The number of nitrogens with one attached hydrogen (secondary N) is 4. The number of nitrogens with zero attached hydrogens (tertiary/aromatic N) is 2. The molecule has 0 saturated heterocycles. The highest BCUT2D eigenvalue weighted by molar-refractivity contribution is 6.04. The van der Waals surface area contributed by atoms with Crippen molar-refractivity contribution in [1.29, 1.82) is 0 Å². The Balaban J connectivity index is 1.84. The van der Waals surface area contributed by atoms with Gasteiger partial charge in [0.15, 0.2) is 0 Å². The molecule has 0 aliphatic rings. The van der Waals surface area contributed by atoms with Crippen molar-refractivity contribution in [2.24, 2.45) is 0 Å². The highest BCUT2D eigenvalue weighted by atomic mass is 16.5. The van der Waals surface area contributed by atoms with Crippen LogP contribution in [0, 0.1) is 13.8 Å². The van der Waals surface area contributed by atoms with E-state index in [4.69, 9.17) is 4.74 Å². The molecule has 2 atom stereocenters. The molecule has 0 radical (unpaired) electrons. The van der Waals surface area contributed by atoms with Gasteiger partial charge >= 0.3 is 5.97 Å². The standard InChI is InChI=1S/C32H38N6O5/c1-5-6-17-25(29(40)37-26(31(42)43-4)19-23-13-9-7-10-14-23)36-30(41)27(38-28(39)24-15-11-8-12-16-24)20-33-32-34-21(2)18-22(3)35-32/h7-16,18,20,25-26H,5-6,17,19H2,1-4H3,(H,36,41)(H,37,40)(H,38,39)(H,33,34,35)/b27-20-/t25?,26-/m0/s1.